The average molecular weight is 610 g/mol. The van der Waals surface area contributed by atoms with Crippen molar-refractivity contribution in [2.45, 2.75) is 45.7 Å². The molecular weight excluding hydrogens is 581 g/mol. The molecule has 12 heteroatoms. The standard InChI is InChI=1S/C30H29Cl2N5O5/c1-3-41-29(39)26-28(30(40)42-4-2)36(35-33-26)17-24(38)37-27(19-10-14-22(32)15-11-19)23-7-5-6-20(25(23)34-37)16-18-8-12-21(31)13-9-18/h8-16,23,27H,3-7,17H2,1-2H3/b20-16+/t23-,27-/m0/s1. The average Bonchev–Trinajstić information content (AvgIpc) is 3.58. The van der Waals surface area contributed by atoms with E-state index in [0.717, 1.165) is 46.4 Å². The maximum Gasteiger partial charge on any atom is 0.361 e. The van der Waals surface area contributed by atoms with Crippen LogP contribution in [-0.2, 0) is 20.8 Å². The Balaban J connectivity index is 1.52. The molecule has 0 unspecified atom stereocenters. The Hall–Kier alpha value is -4.02. The van der Waals surface area contributed by atoms with E-state index in [9.17, 15) is 14.4 Å². The summed E-state index contributed by atoms with van der Waals surface area (Å²) in [7, 11) is 0. The molecule has 1 saturated carbocycles. The Kier molecular flexibility index (Phi) is 9.03. The van der Waals surface area contributed by atoms with E-state index in [2.05, 4.69) is 16.4 Å². The van der Waals surface area contributed by atoms with Gasteiger partial charge in [-0.25, -0.2) is 19.3 Å². The highest BCUT2D eigenvalue weighted by Gasteiger charge is 2.44. The molecule has 3 aromatic rings. The monoisotopic (exact) mass is 609 g/mol. The number of aromatic nitrogens is 3. The van der Waals surface area contributed by atoms with E-state index in [1.54, 1.807) is 26.0 Å². The van der Waals surface area contributed by atoms with E-state index in [1.165, 1.54) is 5.01 Å². The third kappa shape index (κ3) is 6.10. The van der Waals surface area contributed by atoms with Gasteiger partial charge in [-0.05, 0) is 80.2 Å². The van der Waals surface area contributed by atoms with Crippen LogP contribution in [0.25, 0.3) is 6.08 Å². The van der Waals surface area contributed by atoms with Crippen LogP contribution < -0.4 is 0 Å². The molecule has 0 spiro atoms. The lowest BCUT2D eigenvalue weighted by Crippen LogP contribution is -2.34. The molecule has 2 atom stereocenters. The van der Waals surface area contributed by atoms with Gasteiger partial charge in [-0.3, -0.25) is 4.79 Å². The number of carbonyl (C=O) groups excluding carboxylic acids is 3. The highest BCUT2D eigenvalue weighted by atomic mass is 35.5. The zero-order chi connectivity index (χ0) is 29.8. The van der Waals surface area contributed by atoms with Crippen molar-refractivity contribution in [2.75, 3.05) is 13.2 Å². The molecule has 0 bridgehead atoms. The van der Waals surface area contributed by atoms with Gasteiger partial charge in [0.1, 0.15) is 6.54 Å². The summed E-state index contributed by atoms with van der Waals surface area (Å²) in [4.78, 5) is 39.2. The lowest BCUT2D eigenvalue weighted by atomic mass is 9.77. The quantitative estimate of drug-likeness (QED) is 0.298. The van der Waals surface area contributed by atoms with Crippen LogP contribution in [0.4, 0.5) is 0 Å². The maximum absolute atomic E-state index is 14.0. The third-order valence-electron chi connectivity index (χ3n) is 7.14. The molecule has 0 saturated heterocycles. The topological polar surface area (TPSA) is 116 Å². The second-order valence-electron chi connectivity index (χ2n) is 9.83. The molecule has 1 amide bonds. The number of carbonyl (C=O) groups is 3. The number of allylic oxidation sites excluding steroid dienone is 1. The lowest BCUT2D eigenvalue weighted by molar-refractivity contribution is -0.134. The van der Waals surface area contributed by atoms with Crippen molar-refractivity contribution in [3.05, 3.63) is 86.7 Å². The largest absolute Gasteiger partial charge is 0.461 e. The number of hydrogen-bond donors (Lipinski definition) is 0. The number of esters is 2. The summed E-state index contributed by atoms with van der Waals surface area (Å²) in [6, 6.07) is 14.5. The third-order valence-corrected chi connectivity index (χ3v) is 7.64. The molecule has 2 aromatic carbocycles. The van der Waals surface area contributed by atoms with Crippen LogP contribution in [0.3, 0.4) is 0 Å². The minimum Gasteiger partial charge on any atom is -0.461 e. The predicted octanol–water partition coefficient (Wildman–Crippen LogP) is 5.76. The number of fused-ring (bicyclic) bond motifs is 1. The normalized spacial score (nSPS) is 18.9. The first-order chi connectivity index (χ1) is 20.3. The van der Waals surface area contributed by atoms with Gasteiger partial charge in [0, 0.05) is 16.0 Å². The number of rotatable bonds is 8. The van der Waals surface area contributed by atoms with Gasteiger partial charge in [0.15, 0.2) is 5.69 Å². The van der Waals surface area contributed by atoms with E-state index >= 15 is 0 Å². The van der Waals surface area contributed by atoms with Gasteiger partial charge in [-0.2, -0.15) is 5.10 Å². The summed E-state index contributed by atoms with van der Waals surface area (Å²) >= 11 is 12.3. The number of hydrogen-bond acceptors (Lipinski definition) is 8. The first-order valence-corrected chi connectivity index (χ1v) is 14.5. The van der Waals surface area contributed by atoms with E-state index < -0.39 is 30.4 Å². The highest BCUT2D eigenvalue weighted by Crippen LogP contribution is 2.44. The fraction of sp³-hybridized carbons (Fsp3) is 0.333. The first kappa shape index (κ1) is 29.5. The van der Waals surface area contributed by atoms with Crippen molar-refractivity contribution in [2.24, 2.45) is 11.0 Å². The van der Waals surface area contributed by atoms with E-state index in [-0.39, 0.29) is 30.5 Å². The van der Waals surface area contributed by atoms with Crippen LogP contribution in [0, 0.1) is 5.92 Å². The summed E-state index contributed by atoms with van der Waals surface area (Å²) in [5.41, 5.74) is 3.17. The Morgan fingerprint density at radius 2 is 1.60 bits per heavy atom. The lowest BCUT2D eigenvalue weighted by Gasteiger charge is -2.29. The minimum absolute atomic E-state index is 0.0576. The van der Waals surface area contributed by atoms with Gasteiger partial charge < -0.3 is 9.47 Å². The number of hydrazone groups is 1. The summed E-state index contributed by atoms with van der Waals surface area (Å²) in [5, 5.41) is 15.3. The van der Waals surface area contributed by atoms with Gasteiger partial charge in [-0.15, -0.1) is 5.10 Å². The van der Waals surface area contributed by atoms with Crippen LogP contribution in [-0.4, -0.2) is 56.8 Å². The van der Waals surface area contributed by atoms with Crippen LogP contribution in [0.2, 0.25) is 10.0 Å². The van der Waals surface area contributed by atoms with E-state index in [4.69, 9.17) is 37.8 Å². The van der Waals surface area contributed by atoms with Gasteiger partial charge in [-0.1, -0.05) is 52.7 Å². The summed E-state index contributed by atoms with van der Waals surface area (Å²) < 4.78 is 11.2. The van der Waals surface area contributed by atoms with Crippen LogP contribution in [0.1, 0.15) is 71.3 Å². The molecule has 1 aromatic heterocycles. The molecule has 1 fully saturated rings. The molecule has 42 heavy (non-hydrogen) atoms. The van der Waals surface area contributed by atoms with Crippen molar-refractivity contribution in [3.63, 3.8) is 0 Å². The van der Waals surface area contributed by atoms with Gasteiger partial charge in [0.05, 0.1) is 25.0 Å². The highest BCUT2D eigenvalue weighted by molar-refractivity contribution is 6.30. The molecule has 1 aliphatic heterocycles. The fourth-order valence-corrected chi connectivity index (χ4v) is 5.58. The minimum atomic E-state index is -0.831. The van der Waals surface area contributed by atoms with Crippen molar-refractivity contribution in [1.82, 2.24) is 20.0 Å². The Bertz CT molecular complexity index is 1550. The van der Waals surface area contributed by atoms with Crippen LogP contribution >= 0.6 is 23.2 Å². The van der Waals surface area contributed by atoms with Gasteiger partial charge in [0.25, 0.3) is 5.91 Å². The SMILES string of the molecule is CCOC(=O)c1nnn(CC(=O)N2N=C3/C(=C/c4ccc(Cl)cc4)CCC[C@@H]3[C@@H]2c2ccc(Cl)cc2)c1C(=O)OCC. The van der Waals surface area contributed by atoms with Crippen LogP contribution in [0.5, 0.6) is 0 Å². The predicted molar refractivity (Wildman–Crippen MR) is 157 cm³/mol. The molecular formula is C30H29Cl2N5O5. The van der Waals surface area contributed by atoms with Crippen LogP contribution in [0.15, 0.2) is 59.2 Å². The van der Waals surface area contributed by atoms with Crippen molar-refractivity contribution in [3.8, 4) is 0 Å². The number of benzene rings is 2. The number of nitrogens with zero attached hydrogens (tertiary/aromatic N) is 5. The van der Waals surface area contributed by atoms with E-state index in [1.807, 2.05) is 36.4 Å². The Labute approximate surface area is 252 Å². The molecule has 1 aliphatic carbocycles. The Morgan fingerprint density at radius 1 is 0.952 bits per heavy atom. The fourth-order valence-electron chi connectivity index (χ4n) is 5.32. The summed E-state index contributed by atoms with van der Waals surface area (Å²) in [6.07, 6.45) is 4.65. The molecule has 2 aliphatic rings. The van der Waals surface area contributed by atoms with E-state index in [0.29, 0.717) is 10.0 Å². The van der Waals surface area contributed by atoms with Crippen molar-refractivity contribution < 1.29 is 23.9 Å². The molecule has 0 N–H and O–H groups in total. The van der Waals surface area contributed by atoms with Gasteiger partial charge >= 0.3 is 11.9 Å². The second kappa shape index (κ2) is 12.9. The molecule has 218 valence electrons. The second-order valence-corrected chi connectivity index (χ2v) is 10.7. The smallest absolute Gasteiger partial charge is 0.361 e. The summed E-state index contributed by atoms with van der Waals surface area (Å²) in [5.74, 6) is -2.16. The van der Waals surface area contributed by atoms with Gasteiger partial charge in [0.2, 0.25) is 5.69 Å². The van der Waals surface area contributed by atoms with Crippen molar-refractivity contribution >= 4 is 52.8 Å². The number of halogens is 2. The Morgan fingerprint density at radius 3 is 2.26 bits per heavy atom. The molecule has 10 nitrogen and oxygen atoms in total. The molecule has 0 radical (unpaired) electrons. The molecule has 5 rings (SSSR count). The first-order valence-electron chi connectivity index (χ1n) is 13.7. The van der Waals surface area contributed by atoms with Crippen molar-refractivity contribution in [1.29, 1.82) is 0 Å². The zero-order valence-corrected chi connectivity index (χ0v) is 24.6. The number of ether oxygens (including phenoxy) is 2. The zero-order valence-electron chi connectivity index (χ0n) is 23.1. The maximum atomic E-state index is 14.0. The molecule has 2 heterocycles. The summed E-state index contributed by atoms with van der Waals surface area (Å²) in [6.45, 7) is 3.01. The number of amides is 1.